The molecule has 2 N–H and O–H groups in total. The number of fused-ring (bicyclic) bond motifs is 2. The summed E-state index contributed by atoms with van der Waals surface area (Å²) < 4.78 is 5.87. The fourth-order valence-electron chi connectivity index (χ4n) is 4.78. The van der Waals surface area contributed by atoms with E-state index in [0.717, 1.165) is 35.4 Å². The topological polar surface area (TPSA) is 86.5 Å². The van der Waals surface area contributed by atoms with E-state index in [1.54, 1.807) is 11.9 Å². The molecule has 0 spiro atoms. The van der Waals surface area contributed by atoms with E-state index in [1.165, 1.54) is 0 Å². The van der Waals surface area contributed by atoms with E-state index in [-0.39, 0.29) is 18.4 Å². The zero-order valence-corrected chi connectivity index (χ0v) is 18.6. The number of rotatable bonds is 4. The normalized spacial score (nSPS) is 26.2. The molecule has 2 aromatic rings. The number of ether oxygens (including phenoxy) is 1. The van der Waals surface area contributed by atoms with Crippen LogP contribution in [0.1, 0.15) is 24.8 Å². The number of nitrogens with zero attached hydrogens (tertiary/aromatic N) is 3. The zero-order valence-electron chi connectivity index (χ0n) is 18.6. The number of likely N-dealkylation sites (N-methyl/N-ethyl adjacent to an activating group) is 1. The highest BCUT2D eigenvalue weighted by molar-refractivity contribution is 6.39. The summed E-state index contributed by atoms with van der Waals surface area (Å²) in [5.74, 6) is 0.939. The summed E-state index contributed by atoms with van der Waals surface area (Å²) in [4.78, 5) is 14.9. The number of carbonyl (C=O) groups is 1. The minimum atomic E-state index is -0.933. The van der Waals surface area contributed by atoms with E-state index < -0.39 is 12.3 Å². The third kappa shape index (κ3) is 4.04. The van der Waals surface area contributed by atoms with Gasteiger partial charge in [-0.1, -0.05) is 49.0 Å². The van der Waals surface area contributed by atoms with Crippen LogP contribution in [0.5, 0.6) is 5.75 Å². The van der Waals surface area contributed by atoms with Gasteiger partial charge in [-0.2, -0.15) is 5.10 Å². The van der Waals surface area contributed by atoms with Crippen LogP contribution in [0.3, 0.4) is 0 Å². The first kappa shape index (κ1) is 21.4. The van der Waals surface area contributed by atoms with Crippen molar-refractivity contribution < 1.29 is 14.6 Å². The molecule has 0 saturated heterocycles. The number of nitrogens with one attached hydrogen (secondary N) is 1. The average molecular weight is 445 g/mol. The van der Waals surface area contributed by atoms with Crippen molar-refractivity contribution in [2.24, 2.45) is 22.0 Å². The molecule has 7 nitrogen and oxygen atoms in total. The first-order valence-corrected chi connectivity index (χ1v) is 11.4. The number of aliphatic hydroxyl groups excluding tert-OH is 1. The van der Waals surface area contributed by atoms with Crippen LogP contribution in [0.25, 0.3) is 5.57 Å². The lowest BCUT2D eigenvalue weighted by Crippen LogP contribution is -2.54. The molecule has 1 amide bonds. The maximum Gasteiger partial charge on any atom is 0.268 e. The first-order chi connectivity index (χ1) is 16.0. The molecule has 5 rings (SSSR count). The summed E-state index contributed by atoms with van der Waals surface area (Å²) in [6.45, 7) is 4.42. The predicted octanol–water partition coefficient (Wildman–Crippen LogP) is 3.26. The lowest BCUT2D eigenvalue weighted by atomic mass is 9.67. The average Bonchev–Trinajstić information content (AvgIpc) is 3.03. The molecule has 0 radical (unpaired) electrons. The van der Waals surface area contributed by atoms with Gasteiger partial charge in [-0.15, -0.1) is 5.10 Å². The van der Waals surface area contributed by atoms with Crippen molar-refractivity contribution in [3.8, 4) is 5.75 Å². The van der Waals surface area contributed by atoms with E-state index in [1.807, 2.05) is 54.6 Å². The van der Waals surface area contributed by atoms with Gasteiger partial charge in [0.15, 0.2) is 6.23 Å². The molecule has 4 atom stereocenters. The number of allylic oxidation sites excluding steroid dienone is 1. The number of aliphatic hydroxyl groups is 1. The fourth-order valence-corrected chi connectivity index (χ4v) is 4.78. The molecule has 33 heavy (non-hydrogen) atoms. The van der Waals surface area contributed by atoms with Crippen LogP contribution < -0.4 is 15.0 Å². The molecular weight excluding hydrogens is 416 g/mol. The molecule has 170 valence electrons. The Balaban J connectivity index is 1.34. The Morgan fingerprint density at radius 2 is 1.88 bits per heavy atom. The second-order valence-electron chi connectivity index (χ2n) is 8.91. The van der Waals surface area contributed by atoms with E-state index in [9.17, 15) is 9.90 Å². The van der Waals surface area contributed by atoms with Gasteiger partial charge in [0.05, 0.1) is 11.4 Å². The summed E-state index contributed by atoms with van der Waals surface area (Å²) in [5, 5.41) is 22.7. The van der Waals surface area contributed by atoms with E-state index in [4.69, 9.17) is 4.74 Å². The summed E-state index contributed by atoms with van der Waals surface area (Å²) >= 11 is 0. The first-order valence-electron chi connectivity index (χ1n) is 11.4. The van der Waals surface area contributed by atoms with Gasteiger partial charge in [0.1, 0.15) is 24.1 Å². The van der Waals surface area contributed by atoms with Gasteiger partial charge in [-0.05, 0) is 42.0 Å². The van der Waals surface area contributed by atoms with E-state index in [2.05, 4.69) is 22.1 Å². The zero-order chi connectivity index (χ0) is 22.9. The SMILES string of the molecule is C=C(C1=NN=C(C(=O)N[C@H]2COc3ccccc3N(C)C2O)CC2CCC12)c1ccccc1. The Labute approximate surface area is 193 Å². The fraction of sp³-hybridized carbons (Fsp3) is 0.346. The number of hydrogen-bond acceptors (Lipinski definition) is 6. The molecule has 2 aromatic carbocycles. The van der Waals surface area contributed by atoms with Crippen LogP contribution in [0.15, 0.2) is 71.4 Å². The van der Waals surface area contributed by atoms with Crippen molar-refractivity contribution in [2.75, 3.05) is 18.6 Å². The largest absolute Gasteiger partial charge is 0.489 e. The van der Waals surface area contributed by atoms with Gasteiger partial charge in [-0.25, -0.2) is 0 Å². The Morgan fingerprint density at radius 1 is 1.12 bits per heavy atom. The van der Waals surface area contributed by atoms with Crippen molar-refractivity contribution in [1.29, 1.82) is 0 Å². The van der Waals surface area contributed by atoms with Gasteiger partial charge in [0.25, 0.3) is 5.91 Å². The lowest BCUT2D eigenvalue weighted by Gasteiger charge is -2.36. The molecule has 1 aliphatic carbocycles. The molecule has 2 heterocycles. The Bertz CT molecular complexity index is 1130. The summed E-state index contributed by atoms with van der Waals surface area (Å²) in [5.41, 5.74) is 3.92. The molecule has 2 aliphatic heterocycles. The molecule has 7 heteroatoms. The number of hydrogen-bond donors (Lipinski definition) is 2. The number of amides is 1. The highest BCUT2D eigenvalue weighted by atomic mass is 16.5. The number of benzene rings is 2. The smallest absolute Gasteiger partial charge is 0.268 e. The number of anilines is 1. The Morgan fingerprint density at radius 3 is 2.64 bits per heavy atom. The van der Waals surface area contributed by atoms with Crippen molar-refractivity contribution in [2.45, 2.75) is 31.5 Å². The third-order valence-electron chi connectivity index (χ3n) is 6.93. The third-order valence-corrected chi connectivity index (χ3v) is 6.93. The molecule has 0 aromatic heterocycles. The standard InChI is InChI=1S/C26H28N4O3/c1-16(17-8-4-3-5-9-17)24-19-13-12-18(19)14-20(28-29-24)25(31)27-21-15-33-23-11-7-6-10-22(23)30(2)26(21)32/h3-11,18-19,21,26,32H,1,12-15H2,2H3,(H,27,31)/t18?,19?,21-,26?/m0/s1. The molecule has 1 fully saturated rings. The van der Waals surface area contributed by atoms with E-state index >= 15 is 0 Å². The minimum absolute atomic E-state index is 0.160. The summed E-state index contributed by atoms with van der Waals surface area (Å²) in [7, 11) is 1.78. The Hall–Kier alpha value is -3.45. The van der Waals surface area contributed by atoms with Crippen molar-refractivity contribution >= 4 is 28.6 Å². The maximum absolute atomic E-state index is 13.2. The van der Waals surface area contributed by atoms with Crippen molar-refractivity contribution in [3.05, 3.63) is 66.7 Å². The molecule has 0 bridgehead atoms. The highest BCUT2D eigenvalue weighted by Gasteiger charge is 2.40. The van der Waals surface area contributed by atoms with Crippen LogP contribution in [-0.2, 0) is 4.79 Å². The quantitative estimate of drug-likeness (QED) is 0.758. The second kappa shape index (κ2) is 8.83. The van der Waals surface area contributed by atoms with Crippen molar-refractivity contribution in [3.63, 3.8) is 0 Å². The van der Waals surface area contributed by atoms with Crippen LogP contribution in [0.4, 0.5) is 5.69 Å². The lowest BCUT2D eigenvalue weighted by molar-refractivity contribution is -0.116. The minimum Gasteiger partial charge on any atom is -0.489 e. The van der Waals surface area contributed by atoms with Crippen LogP contribution >= 0.6 is 0 Å². The van der Waals surface area contributed by atoms with Crippen LogP contribution in [0, 0.1) is 11.8 Å². The second-order valence-corrected chi connectivity index (χ2v) is 8.91. The predicted molar refractivity (Wildman–Crippen MR) is 129 cm³/mol. The van der Waals surface area contributed by atoms with Gasteiger partial charge >= 0.3 is 0 Å². The molecule has 3 aliphatic rings. The number of para-hydroxylation sites is 2. The van der Waals surface area contributed by atoms with Gasteiger partial charge < -0.3 is 20.1 Å². The van der Waals surface area contributed by atoms with Crippen LogP contribution in [0.2, 0.25) is 0 Å². The molecule has 1 saturated carbocycles. The van der Waals surface area contributed by atoms with Gasteiger partial charge in [-0.3, -0.25) is 4.79 Å². The summed E-state index contributed by atoms with van der Waals surface area (Å²) in [6, 6.07) is 16.9. The molecule has 3 unspecified atom stereocenters. The van der Waals surface area contributed by atoms with Gasteiger partial charge in [0.2, 0.25) is 0 Å². The van der Waals surface area contributed by atoms with Crippen molar-refractivity contribution in [1.82, 2.24) is 5.32 Å². The number of carbonyl (C=O) groups excluding carboxylic acids is 1. The Kier molecular flexibility index (Phi) is 5.72. The maximum atomic E-state index is 13.2. The monoisotopic (exact) mass is 444 g/mol. The van der Waals surface area contributed by atoms with Crippen LogP contribution in [-0.4, -0.2) is 48.4 Å². The molecular formula is C26H28N4O3. The van der Waals surface area contributed by atoms with E-state index in [0.29, 0.717) is 23.8 Å². The van der Waals surface area contributed by atoms with Gasteiger partial charge in [0, 0.05) is 19.4 Å². The summed E-state index contributed by atoms with van der Waals surface area (Å²) in [6.07, 6.45) is 1.69. The highest BCUT2D eigenvalue weighted by Crippen LogP contribution is 2.42.